The lowest BCUT2D eigenvalue weighted by molar-refractivity contribution is -0.137. The third-order valence-electron chi connectivity index (χ3n) is 2.99. The summed E-state index contributed by atoms with van der Waals surface area (Å²) in [6.07, 6.45) is 1.77. The number of hydrogen-bond donors (Lipinski definition) is 2. The fourth-order valence-electron chi connectivity index (χ4n) is 2.05. The lowest BCUT2D eigenvalue weighted by atomic mass is 9.98. The molecule has 1 aromatic carbocycles. The van der Waals surface area contributed by atoms with Crippen LogP contribution in [-0.2, 0) is 11.2 Å². The van der Waals surface area contributed by atoms with Crippen molar-refractivity contribution < 1.29 is 19.4 Å². The Balaban J connectivity index is 2.28. The SMILES string of the molecule is CNC(C(=O)O)C(=O)c1ccc2c(c1)CCCO2. The van der Waals surface area contributed by atoms with Gasteiger partial charge in [-0.2, -0.15) is 0 Å². The Morgan fingerprint density at radius 2 is 2.22 bits per heavy atom. The molecule has 1 aromatic rings. The Morgan fingerprint density at radius 1 is 1.44 bits per heavy atom. The van der Waals surface area contributed by atoms with Gasteiger partial charge in [0.15, 0.2) is 11.8 Å². The molecular weight excluding hydrogens is 234 g/mol. The van der Waals surface area contributed by atoms with Crippen LogP contribution in [0.3, 0.4) is 0 Å². The topological polar surface area (TPSA) is 75.6 Å². The van der Waals surface area contributed by atoms with Crippen LogP contribution in [0.4, 0.5) is 0 Å². The van der Waals surface area contributed by atoms with Crippen molar-refractivity contribution in [2.45, 2.75) is 18.9 Å². The van der Waals surface area contributed by atoms with Gasteiger partial charge in [0.05, 0.1) is 6.61 Å². The maximum atomic E-state index is 12.0. The smallest absolute Gasteiger partial charge is 0.328 e. The normalized spacial score (nSPS) is 15.4. The Bertz CT molecular complexity index is 484. The summed E-state index contributed by atoms with van der Waals surface area (Å²) in [4.78, 5) is 22.9. The van der Waals surface area contributed by atoms with E-state index < -0.39 is 17.8 Å². The minimum Gasteiger partial charge on any atom is -0.493 e. The first-order valence-corrected chi connectivity index (χ1v) is 5.83. The van der Waals surface area contributed by atoms with Crippen LogP contribution in [0.25, 0.3) is 0 Å². The lowest BCUT2D eigenvalue weighted by Gasteiger charge is -2.18. The molecule has 5 nitrogen and oxygen atoms in total. The molecule has 1 aliphatic rings. The van der Waals surface area contributed by atoms with E-state index in [9.17, 15) is 9.59 Å². The molecule has 96 valence electrons. The number of likely N-dealkylation sites (N-methyl/N-ethyl adjacent to an activating group) is 1. The zero-order valence-electron chi connectivity index (χ0n) is 10.1. The summed E-state index contributed by atoms with van der Waals surface area (Å²) >= 11 is 0. The van der Waals surface area contributed by atoms with Crippen molar-refractivity contribution in [1.29, 1.82) is 0 Å². The summed E-state index contributed by atoms with van der Waals surface area (Å²) in [7, 11) is 1.46. The molecule has 1 heterocycles. The second-order valence-corrected chi connectivity index (χ2v) is 4.20. The van der Waals surface area contributed by atoms with E-state index in [-0.39, 0.29) is 0 Å². The summed E-state index contributed by atoms with van der Waals surface area (Å²) in [6, 6.07) is 3.87. The Kier molecular flexibility index (Phi) is 3.62. The van der Waals surface area contributed by atoms with Crippen molar-refractivity contribution in [3.8, 4) is 5.75 Å². The van der Waals surface area contributed by atoms with Crippen molar-refractivity contribution in [2.24, 2.45) is 0 Å². The highest BCUT2D eigenvalue weighted by molar-refractivity contribution is 6.11. The highest BCUT2D eigenvalue weighted by Crippen LogP contribution is 2.25. The van der Waals surface area contributed by atoms with Gasteiger partial charge < -0.3 is 15.2 Å². The van der Waals surface area contributed by atoms with E-state index >= 15 is 0 Å². The van der Waals surface area contributed by atoms with Crippen molar-refractivity contribution in [2.75, 3.05) is 13.7 Å². The predicted molar refractivity (Wildman–Crippen MR) is 65.1 cm³/mol. The van der Waals surface area contributed by atoms with Gasteiger partial charge in [0.2, 0.25) is 0 Å². The molecular formula is C13H15NO4. The molecule has 1 unspecified atom stereocenters. The molecule has 1 atom stereocenters. The number of ether oxygens (including phenoxy) is 1. The lowest BCUT2D eigenvalue weighted by Crippen LogP contribution is -2.41. The summed E-state index contributed by atoms with van der Waals surface area (Å²) in [6.45, 7) is 0.689. The maximum Gasteiger partial charge on any atom is 0.328 e. The molecule has 0 bridgehead atoms. The van der Waals surface area contributed by atoms with Gasteiger partial charge in [-0.1, -0.05) is 0 Å². The second kappa shape index (κ2) is 5.18. The quantitative estimate of drug-likeness (QED) is 0.611. The van der Waals surface area contributed by atoms with E-state index in [1.165, 1.54) is 7.05 Å². The number of benzene rings is 1. The van der Waals surface area contributed by atoms with Crippen LogP contribution in [0.5, 0.6) is 5.75 Å². The highest BCUT2D eigenvalue weighted by Gasteiger charge is 2.26. The molecule has 2 N–H and O–H groups in total. The number of hydrogen-bond acceptors (Lipinski definition) is 4. The van der Waals surface area contributed by atoms with E-state index in [1.54, 1.807) is 18.2 Å². The predicted octanol–water partition coefficient (Wildman–Crippen LogP) is 0.867. The molecule has 0 saturated heterocycles. The molecule has 18 heavy (non-hydrogen) atoms. The van der Waals surface area contributed by atoms with Gasteiger partial charge in [-0.3, -0.25) is 9.59 Å². The Labute approximate surface area is 105 Å². The van der Waals surface area contributed by atoms with E-state index in [0.717, 1.165) is 24.2 Å². The third kappa shape index (κ3) is 2.36. The monoisotopic (exact) mass is 249 g/mol. The minimum absolute atomic E-state index is 0.404. The number of aliphatic carboxylic acids is 1. The zero-order valence-corrected chi connectivity index (χ0v) is 10.1. The highest BCUT2D eigenvalue weighted by atomic mass is 16.5. The van der Waals surface area contributed by atoms with E-state index in [2.05, 4.69) is 5.32 Å². The zero-order chi connectivity index (χ0) is 13.1. The van der Waals surface area contributed by atoms with Crippen molar-refractivity contribution in [3.05, 3.63) is 29.3 Å². The van der Waals surface area contributed by atoms with E-state index in [0.29, 0.717) is 12.2 Å². The van der Waals surface area contributed by atoms with Gasteiger partial charge in [-0.05, 0) is 43.7 Å². The number of carbonyl (C=O) groups is 2. The standard InChI is InChI=1S/C13H15NO4/c1-14-11(13(16)17)12(15)9-4-5-10-8(7-9)3-2-6-18-10/h4-5,7,11,14H,2-3,6H2,1H3,(H,16,17). The first-order chi connectivity index (χ1) is 8.63. The minimum atomic E-state index is -1.20. The molecule has 0 amide bonds. The number of rotatable bonds is 4. The van der Waals surface area contributed by atoms with Crippen LogP contribution in [0.1, 0.15) is 22.3 Å². The fraction of sp³-hybridized carbons (Fsp3) is 0.385. The fourth-order valence-corrected chi connectivity index (χ4v) is 2.05. The molecule has 2 rings (SSSR count). The van der Waals surface area contributed by atoms with E-state index in [4.69, 9.17) is 9.84 Å². The average molecular weight is 249 g/mol. The largest absolute Gasteiger partial charge is 0.493 e. The summed E-state index contributed by atoms with van der Waals surface area (Å²) in [5, 5.41) is 11.4. The molecule has 0 radical (unpaired) electrons. The average Bonchev–Trinajstić information content (AvgIpc) is 2.38. The number of carboxylic acids is 1. The van der Waals surface area contributed by atoms with Gasteiger partial charge in [0.1, 0.15) is 5.75 Å². The van der Waals surface area contributed by atoms with Gasteiger partial charge in [0, 0.05) is 5.56 Å². The molecule has 0 saturated carbocycles. The molecule has 5 heteroatoms. The Hall–Kier alpha value is -1.88. The number of nitrogens with one attached hydrogen (secondary N) is 1. The molecule has 0 fully saturated rings. The van der Waals surface area contributed by atoms with Gasteiger partial charge in [0.25, 0.3) is 0 Å². The van der Waals surface area contributed by atoms with Crippen LogP contribution in [0.15, 0.2) is 18.2 Å². The first-order valence-electron chi connectivity index (χ1n) is 5.83. The summed E-state index contributed by atoms with van der Waals surface area (Å²) in [5.41, 5.74) is 1.37. The van der Waals surface area contributed by atoms with Gasteiger partial charge in [-0.15, -0.1) is 0 Å². The third-order valence-corrected chi connectivity index (χ3v) is 2.99. The van der Waals surface area contributed by atoms with Gasteiger partial charge >= 0.3 is 5.97 Å². The van der Waals surface area contributed by atoms with Crippen molar-refractivity contribution in [1.82, 2.24) is 5.32 Å². The first kappa shape index (κ1) is 12.6. The van der Waals surface area contributed by atoms with Crippen LogP contribution in [0.2, 0.25) is 0 Å². The number of fused-ring (bicyclic) bond motifs is 1. The van der Waals surface area contributed by atoms with Gasteiger partial charge in [-0.25, -0.2) is 0 Å². The van der Waals surface area contributed by atoms with E-state index in [1.807, 2.05) is 0 Å². The van der Waals surface area contributed by atoms with Crippen LogP contribution in [-0.4, -0.2) is 36.6 Å². The molecule has 0 spiro atoms. The van der Waals surface area contributed by atoms with Crippen molar-refractivity contribution in [3.63, 3.8) is 0 Å². The number of Topliss-reactive ketones (excluding diaryl/α,β-unsaturated/α-hetero) is 1. The van der Waals surface area contributed by atoms with Crippen molar-refractivity contribution >= 4 is 11.8 Å². The molecule has 1 aliphatic heterocycles. The summed E-state index contributed by atoms with van der Waals surface area (Å²) < 4.78 is 5.45. The Morgan fingerprint density at radius 3 is 2.89 bits per heavy atom. The summed E-state index contributed by atoms with van der Waals surface area (Å²) in [5.74, 6) is -0.816. The second-order valence-electron chi connectivity index (χ2n) is 4.20. The number of ketones is 1. The van der Waals surface area contributed by atoms with Crippen LogP contribution in [0, 0.1) is 0 Å². The number of carbonyl (C=O) groups excluding carboxylic acids is 1. The number of carboxylic acid groups (broad SMARTS) is 1. The molecule has 0 aromatic heterocycles. The molecule has 0 aliphatic carbocycles. The maximum absolute atomic E-state index is 12.0. The van der Waals surface area contributed by atoms with Crippen LogP contribution < -0.4 is 10.1 Å². The van der Waals surface area contributed by atoms with Crippen LogP contribution >= 0.6 is 0 Å². The number of aryl methyl sites for hydroxylation is 1.